The number of rotatable bonds is 5. The van der Waals surface area contributed by atoms with E-state index in [2.05, 4.69) is 23.5 Å². The topological polar surface area (TPSA) is 34.8 Å². The Kier molecular flexibility index (Phi) is 3.98. The van der Waals surface area contributed by atoms with Gasteiger partial charge in [0.15, 0.2) is 0 Å². The molecule has 1 atom stereocenters. The number of nitrogens with zero attached hydrogens (tertiary/aromatic N) is 3. The molecule has 5 heteroatoms. The lowest BCUT2D eigenvalue weighted by Crippen LogP contribution is -2.30. The summed E-state index contributed by atoms with van der Waals surface area (Å²) < 4.78 is 17.3. The van der Waals surface area contributed by atoms with Gasteiger partial charge in [-0.1, -0.05) is 0 Å². The molecule has 0 amide bonds. The van der Waals surface area contributed by atoms with Crippen LogP contribution in [0.5, 0.6) is 0 Å². The Labute approximate surface area is 129 Å². The predicted molar refractivity (Wildman–Crippen MR) is 86.1 cm³/mol. The van der Waals surface area contributed by atoms with Crippen LogP contribution in [0, 0.1) is 12.7 Å². The summed E-state index contributed by atoms with van der Waals surface area (Å²) >= 11 is 0. The second kappa shape index (κ2) is 5.93. The van der Waals surface area contributed by atoms with Crippen molar-refractivity contribution in [3.63, 3.8) is 0 Å². The molecule has 0 radical (unpaired) electrons. The second-order valence-corrected chi connectivity index (χ2v) is 5.89. The molecular formula is C17H21FN4. The van der Waals surface area contributed by atoms with Crippen LogP contribution >= 0.6 is 0 Å². The first-order chi connectivity index (χ1) is 10.5. The van der Waals surface area contributed by atoms with Crippen LogP contribution in [-0.4, -0.2) is 20.4 Å². The predicted octanol–water partition coefficient (Wildman–Crippen LogP) is 3.00. The van der Waals surface area contributed by atoms with Crippen molar-refractivity contribution in [1.29, 1.82) is 0 Å². The number of hydrogen-bond donors (Lipinski definition) is 1. The SMILES string of the molecule is Cc1ccn(CC(C)NCc2cn(C)c3cc(F)ccc23)n1. The smallest absolute Gasteiger partial charge is 0.125 e. The summed E-state index contributed by atoms with van der Waals surface area (Å²) in [6.07, 6.45) is 4.05. The van der Waals surface area contributed by atoms with Gasteiger partial charge in [0, 0.05) is 37.4 Å². The lowest BCUT2D eigenvalue weighted by molar-refractivity contribution is 0.450. The maximum Gasteiger partial charge on any atom is 0.125 e. The Hall–Kier alpha value is -2.14. The Morgan fingerprint density at radius 1 is 1.32 bits per heavy atom. The van der Waals surface area contributed by atoms with Crippen LogP contribution in [0.2, 0.25) is 0 Å². The quantitative estimate of drug-likeness (QED) is 0.786. The van der Waals surface area contributed by atoms with E-state index in [4.69, 9.17) is 0 Å². The van der Waals surface area contributed by atoms with E-state index < -0.39 is 0 Å². The fourth-order valence-corrected chi connectivity index (χ4v) is 2.78. The van der Waals surface area contributed by atoms with Crippen molar-refractivity contribution in [3.8, 4) is 0 Å². The molecule has 1 N–H and O–H groups in total. The number of fused-ring (bicyclic) bond motifs is 1. The van der Waals surface area contributed by atoms with Gasteiger partial charge in [-0.05, 0) is 43.7 Å². The summed E-state index contributed by atoms with van der Waals surface area (Å²) in [7, 11) is 1.95. The summed E-state index contributed by atoms with van der Waals surface area (Å²) in [5.74, 6) is -0.198. The maximum absolute atomic E-state index is 13.3. The first-order valence-electron chi connectivity index (χ1n) is 7.50. The van der Waals surface area contributed by atoms with Gasteiger partial charge in [-0.3, -0.25) is 4.68 Å². The Morgan fingerprint density at radius 2 is 2.14 bits per heavy atom. The highest BCUT2D eigenvalue weighted by molar-refractivity contribution is 5.83. The van der Waals surface area contributed by atoms with E-state index in [-0.39, 0.29) is 5.82 Å². The third-order valence-corrected chi connectivity index (χ3v) is 3.91. The first-order valence-corrected chi connectivity index (χ1v) is 7.50. The number of hydrogen-bond acceptors (Lipinski definition) is 2. The van der Waals surface area contributed by atoms with Gasteiger partial charge in [-0.15, -0.1) is 0 Å². The van der Waals surface area contributed by atoms with Crippen LogP contribution in [0.4, 0.5) is 4.39 Å². The summed E-state index contributed by atoms with van der Waals surface area (Å²) in [5, 5.41) is 9.00. The molecule has 0 saturated heterocycles. The van der Waals surface area contributed by atoms with Crippen molar-refractivity contribution in [2.45, 2.75) is 33.0 Å². The Bertz CT molecular complexity index is 787. The molecule has 0 spiro atoms. The monoisotopic (exact) mass is 300 g/mol. The highest BCUT2D eigenvalue weighted by atomic mass is 19.1. The van der Waals surface area contributed by atoms with E-state index in [0.717, 1.165) is 29.7 Å². The molecule has 0 aliphatic carbocycles. The minimum atomic E-state index is -0.198. The van der Waals surface area contributed by atoms with Crippen LogP contribution in [0.3, 0.4) is 0 Å². The summed E-state index contributed by atoms with van der Waals surface area (Å²) in [6.45, 7) is 5.71. The molecule has 3 rings (SSSR count). The zero-order valence-corrected chi connectivity index (χ0v) is 13.2. The van der Waals surface area contributed by atoms with Crippen molar-refractivity contribution in [3.05, 3.63) is 53.7 Å². The van der Waals surface area contributed by atoms with Gasteiger partial charge in [0.05, 0.1) is 17.8 Å². The van der Waals surface area contributed by atoms with Gasteiger partial charge in [0.25, 0.3) is 0 Å². The average molecular weight is 300 g/mol. The standard InChI is InChI=1S/C17H21FN4/c1-12-6-7-22(20-12)10-13(2)19-9-14-11-21(3)17-8-15(18)4-5-16(14)17/h4-8,11,13,19H,9-10H2,1-3H3. The second-order valence-electron chi connectivity index (χ2n) is 5.89. The largest absolute Gasteiger partial charge is 0.350 e. The summed E-state index contributed by atoms with van der Waals surface area (Å²) in [4.78, 5) is 0. The van der Waals surface area contributed by atoms with Gasteiger partial charge in [0.1, 0.15) is 5.82 Å². The molecule has 0 saturated carbocycles. The molecule has 1 unspecified atom stereocenters. The lowest BCUT2D eigenvalue weighted by atomic mass is 10.1. The van der Waals surface area contributed by atoms with Crippen molar-refractivity contribution < 1.29 is 4.39 Å². The fraction of sp³-hybridized carbons (Fsp3) is 0.353. The molecule has 0 fully saturated rings. The minimum absolute atomic E-state index is 0.198. The van der Waals surface area contributed by atoms with Gasteiger partial charge < -0.3 is 9.88 Å². The lowest BCUT2D eigenvalue weighted by Gasteiger charge is -2.13. The maximum atomic E-state index is 13.3. The minimum Gasteiger partial charge on any atom is -0.350 e. The van der Waals surface area contributed by atoms with E-state index in [1.54, 1.807) is 6.07 Å². The van der Waals surface area contributed by atoms with Crippen LogP contribution in [-0.2, 0) is 20.1 Å². The van der Waals surface area contributed by atoms with E-state index in [1.807, 2.05) is 41.5 Å². The van der Waals surface area contributed by atoms with Gasteiger partial charge in [-0.25, -0.2) is 4.39 Å². The fourth-order valence-electron chi connectivity index (χ4n) is 2.78. The van der Waals surface area contributed by atoms with Gasteiger partial charge in [-0.2, -0.15) is 5.10 Å². The zero-order chi connectivity index (χ0) is 15.7. The number of aromatic nitrogens is 3. The highest BCUT2D eigenvalue weighted by Crippen LogP contribution is 2.21. The van der Waals surface area contributed by atoms with Gasteiger partial charge >= 0.3 is 0 Å². The molecule has 116 valence electrons. The summed E-state index contributed by atoms with van der Waals surface area (Å²) in [6, 6.07) is 7.25. The number of nitrogens with one attached hydrogen (secondary N) is 1. The zero-order valence-electron chi connectivity index (χ0n) is 13.2. The number of halogens is 1. The Balaban J connectivity index is 1.68. The molecule has 1 aromatic carbocycles. The Morgan fingerprint density at radius 3 is 2.86 bits per heavy atom. The number of benzene rings is 1. The van der Waals surface area contributed by atoms with Crippen molar-refractivity contribution >= 4 is 10.9 Å². The van der Waals surface area contributed by atoms with Gasteiger partial charge in [0.2, 0.25) is 0 Å². The van der Waals surface area contributed by atoms with Crippen molar-refractivity contribution in [2.24, 2.45) is 7.05 Å². The van der Waals surface area contributed by atoms with Crippen LogP contribution in [0.1, 0.15) is 18.2 Å². The molecule has 3 aromatic rings. The van der Waals surface area contributed by atoms with E-state index >= 15 is 0 Å². The number of aryl methyl sites for hydroxylation is 2. The van der Waals surface area contributed by atoms with Crippen LogP contribution < -0.4 is 5.32 Å². The molecule has 4 nitrogen and oxygen atoms in total. The molecule has 2 aromatic heterocycles. The summed E-state index contributed by atoms with van der Waals surface area (Å²) in [5.41, 5.74) is 3.14. The van der Waals surface area contributed by atoms with E-state index in [1.165, 1.54) is 11.6 Å². The molecule has 0 aliphatic heterocycles. The average Bonchev–Trinajstić information content (AvgIpc) is 3.01. The molecule has 22 heavy (non-hydrogen) atoms. The third-order valence-electron chi connectivity index (χ3n) is 3.91. The normalized spacial score (nSPS) is 12.9. The highest BCUT2D eigenvalue weighted by Gasteiger charge is 2.09. The van der Waals surface area contributed by atoms with Crippen molar-refractivity contribution in [2.75, 3.05) is 0 Å². The van der Waals surface area contributed by atoms with Crippen LogP contribution in [0.15, 0.2) is 36.7 Å². The first kappa shape index (κ1) is 14.8. The van der Waals surface area contributed by atoms with E-state index in [9.17, 15) is 4.39 Å². The molecule has 0 aliphatic rings. The van der Waals surface area contributed by atoms with E-state index in [0.29, 0.717) is 6.04 Å². The third kappa shape index (κ3) is 3.04. The molecular weight excluding hydrogens is 279 g/mol. The van der Waals surface area contributed by atoms with Crippen LogP contribution in [0.25, 0.3) is 10.9 Å². The van der Waals surface area contributed by atoms with Crippen molar-refractivity contribution in [1.82, 2.24) is 19.7 Å². The molecule has 0 bridgehead atoms. The molecule has 2 heterocycles.